The van der Waals surface area contributed by atoms with Crippen molar-refractivity contribution in [3.05, 3.63) is 29.8 Å². The highest BCUT2D eigenvalue weighted by atomic mass is 32.2. The van der Waals surface area contributed by atoms with Gasteiger partial charge >= 0.3 is 0 Å². The van der Waals surface area contributed by atoms with Gasteiger partial charge in [-0.05, 0) is 37.0 Å². The molecule has 3 nitrogen and oxygen atoms in total. The van der Waals surface area contributed by atoms with Crippen molar-refractivity contribution in [1.82, 2.24) is 0 Å². The Morgan fingerprint density at radius 1 is 1.17 bits per heavy atom. The highest BCUT2D eigenvalue weighted by Gasteiger charge is 2.10. The van der Waals surface area contributed by atoms with Crippen LogP contribution < -0.4 is 5.32 Å². The lowest BCUT2D eigenvalue weighted by atomic mass is 9.98. The molecule has 0 fully saturated rings. The molecule has 18 heavy (non-hydrogen) atoms. The number of hydrogen-bond donors (Lipinski definition) is 1. The van der Waals surface area contributed by atoms with Crippen LogP contribution in [0.25, 0.3) is 0 Å². The average molecular weight is 269 g/mol. The maximum absolute atomic E-state index is 11.2. The van der Waals surface area contributed by atoms with E-state index in [1.807, 2.05) is 19.1 Å². The van der Waals surface area contributed by atoms with Crippen molar-refractivity contribution in [2.45, 2.75) is 39.2 Å². The largest absolute Gasteiger partial charge is 0.382 e. The quantitative estimate of drug-likeness (QED) is 0.863. The Labute approximate surface area is 111 Å². The fourth-order valence-corrected chi connectivity index (χ4v) is 2.92. The van der Waals surface area contributed by atoms with E-state index in [-0.39, 0.29) is 11.8 Å². The Bertz CT molecular complexity index is 465. The monoisotopic (exact) mass is 269 g/mol. The molecule has 0 aliphatic heterocycles. The Morgan fingerprint density at radius 3 is 2.17 bits per heavy atom. The van der Waals surface area contributed by atoms with E-state index in [1.165, 1.54) is 11.8 Å². The van der Waals surface area contributed by atoms with Gasteiger partial charge in [0.05, 0.1) is 5.75 Å². The first-order chi connectivity index (χ1) is 8.31. The van der Waals surface area contributed by atoms with Crippen molar-refractivity contribution < 1.29 is 8.42 Å². The second kappa shape index (κ2) is 6.23. The second-order valence-corrected chi connectivity index (χ2v) is 7.25. The zero-order valence-electron chi connectivity index (χ0n) is 11.6. The Morgan fingerprint density at radius 2 is 1.72 bits per heavy atom. The van der Waals surface area contributed by atoms with Gasteiger partial charge in [-0.15, -0.1) is 0 Å². The van der Waals surface area contributed by atoms with Crippen LogP contribution in [-0.4, -0.2) is 26.5 Å². The van der Waals surface area contributed by atoms with Gasteiger partial charge in [-0.1, -0.05) is 26.0 Å². The van der Waals surface area contributed by atoms with Crippen LogP contribution in [0.3, 0.4) is 0 Å². The van der Waals surface area contributed by atoms with E-state index in [0.29, 0.717) is 5.92 Å². The zero-order chi connectivity index (χ0) is 13.8. The van der Waals surface area contributed by atoms with Gasteiger partial charge in [0.2, 0.25) is 0 Å². The highest BCUT2D eigenvalue weighted by molar-refractivity contribution is 7.90. The molecule has 1 rings (SSSR count). The highest BCUT2D eigenvalue weighted by Crippen LogP contribution is 2.20. The van der Waals surface area contributed by atoms with Crippen LogP contribution >= 0.6 is 0 Å². The second-order valence-electron chi connectivity index (χ2n) is 5.07. The van der Waals surface area contributed by atoms with E-state index in [0.717, 1.165) is 12.1 Å². The van der Waals surface area contributed by atoms with E-state index < -0.39 is 9.84 Å². The third kappa shape index (κ3) is 5.08. The lowest BCUT2D eigenvalue weighted by Gasteiger charge is -2.15. The molecular weight excluding hydrogens is 246 g/mol. The minimum Gasteiger partial charge on any atom is -0.382 e. The molecule has 1 aromatic rings. The molecule has 2 unspecified atom stereocenters. The van der Waals surface area contributed by atoms with Crippen molar-refractivity contribution in [2.24, 2.45) is 0 Å². The normalized spacial score (nSPS) is 15.1. The summed E-state index contributed by atoms with van der Waals surface area (Å²) in [7, 11) is -2.93. The summed E-state index contributed by atoms with van der Waals surface area (Å²) in [6.45, 7) is 6.25. The van der Waals surface area contributed by atoms with Crippen molar-refractivity contribution in [3.63, 3.8) is 0 Å². The molecule has 0 bridgehead atoms. The van der Waals surface area contributed by atoms with E-state index in [2.05, 4.69) is 31.3 Å². The van der Waals surface area contributed by atoms with Crippen molar-refractivity contribution in [2.75, 3.05) is 17.3 Å². The first-order valence-corrected chi connectivity index (χ1v) is 8.42. The van der Waals surface area contributed by atoms with E-state index in [9.17, 15) is 8.42 Å². The van der Waals surface area contributed by atoms with E-state index in [4.69, 9.17) is 0 Å². The fourth-order valence-electron chi connectivity index (χ4n) is 1.92. The zero-order valence-corrected chi connectivity index (χ0v) is 12.4. The summed E-state index contributed by atoms with van der Waals surface area (Å²) in [6.07, 6.45) is 2.38. The number of sulfone groups is 1. The van der Waals surface area contributed by atoms with Crippen molar-refractivity contribution in [1.29, 1.82) is 0 Å². The van der Waals surface area contributed by atoms with Crippen molar-refractivity contribution >= 4 is 15.5 Å². The average Bonchev–Trinajstić information content (AvgIpc) is 2.26. The molecule has 0 aliphatic rings. The Kier molecular flexibility index (Phi) is 5.20. The molecule has 4 heteroatoms. The van der Waals surface area contributed by atoms with E-state index >= 15 is 0 Å². The van der Waals surface area contributed by atoms with Crippen LogP contribution in [0.4, 0.5) is 5.69 Å². The third-order valence-corrected chi connectivity index (χ3v) is 4.16. The smallest absolute Gasteiger partial charge is 0.149 e. The summed E-state index contributed by atoms with van der Waals surface area (Å²) in [5, 5.41) is 3.20. The van der Waals surface area contributed by atoms with Gasteiger partial charge in [-0.25, -0.2) is 8.42 Å². The summed E-state index contributed by atoms with van der Waals surface area (Å²) in [5.74, 6) is 0.715. The van der Waals surface area contributed by atoms with Gasteiger partial charge in [-0.2, -0.15) is 0 Å². The minimum atomic E-state index is -2.93. The lowest BCUT2D eigenvalue weighted by Crippen LogP contribution is -2.24. The SMILES string of the molecule is CCC(C)c1ccc(NC(C)CS(C)(=O)=O)cc1. The number of anilines is 1. The molecule has 0 saturated carbocycles. The minimum absolute atomic E-state index is 0.0746. The molecule has 1 N–H and O–H groups in total. The number of benzene rings is 1. The number of rotatable bonds is 6. The van der Waals surface area contributed by atoms with Crippen LogP contribution in [0, 0.1) is 0 Å². The maximum atomic E-state index is 11.2. The van der Waals surface area contributed by atoms with Crippen LogP contribution in [0.15, 0.2) is 24.3 Å². The molecular formula is C14H23NO2S. The molecule has 2 atom stereocenters. The molecule has 1 aromatic carbocycles. The molecule has 0 spiro atoms. The summed E-state index contributed by atoms with van der Waals surface area (Å²) in [5.41, 5.74) is 2.29. The summed E-state index contributed by atoms with van der Waals surface area (Å²) in [6, 6.07) is 8.16. The summed E-state index contributed by atoms with van der Waals surface area (Å²) in [4.78, 5) is 0. The van der Waals surface area contributed by atoms with Crippen LogP contribution in [0.2, 0.25) is 0 Å². The predicted octanol–water partition coefficient (Wildman–Crippen LogP) is 3.05. The first-order valence-electron chi connectivity index (χ1n) is 6.36. The number of nitrogens with one attached hydrogen (secondary N) is 1. The van der Waals surface area contributed by atoms with Gasteiger partial charge in [0.25, 0.3) is 0 Å². The van der Waals surface area contributed by atoms with Gasteiger partial charge in [0, 0.05) is 18.0 Å². The van der Waals surface area contributed by atoms with Gasteiger partial charge < -0.3 is 5.32 Å². The van der Waals surface area contributed by atoms with Crippen LogP contribution in [0.1, 0.15) is 38.7 Å². The fraction of sp³-hybridized carbons (Fsp3) is 0.571. The van der Waals surface area contributed by atoms with Gasteiger partial charge in [0.15, 0.2) is 0 Å². The molecule has 0 saturated heterocycles. The summed E-state index contributed by atoms with van der Waals surface area (Å²) < 4.78 is 22.3. The predicted molar refractivity (Wildman–Crippen MR) is 77.9 cm³/mol. The third-order valence-electron chi connectivity index (χ3n) is 3.06. The maximum Gasteiger partial charge on any atom is 0.149 e. The molecule has 0 heterocycles. The standard InChI is InChI=1S/C14H23NO2S/c1-5-11(2)13-6-8-14(9-7-13)15-12(3)10-18(4,16)17/h6-9,11-12,15H,5,10H2,1-4H3. The van der Waals surface area contributed by atoms with Gasteiger partial charge in [0.1, 0.15) is 9.84 Å². The van der Waals surface area contributed by atoms with Crippen LogP contribution in [-0.2, 0) is 9.84 Å². The molecule has 0 amide bonds. The van der Waals surface area contributed by atoms with Crippen molar-refractivity contribution in [3.8, 4) is 0 Å². The molecule has 0 radical (unpaired) electrons. The lowest BCUT2D eigenvalue weighted by molar-refractivity contribution is 0.598. The molecule has 0 aliphatic carbocycles. The van der Waals surface area contributed by atoms with Gasteiger partial charge in [-0.3, -0.25) is 0 Å². The number of hydrogen-bond acceptors (Lipinski definition) is 3. The summed E-state index contributed by atoms with van der Waals surface area (Å²) >= 11 is 0. The molecule has 102 valence electrons. The first kappa shape index (κ1) is 15.0. The van der Waals surface area contributed by atoms with Crippen LogP contribution in [0.5, 0.6) is 0 Å². The Balaban J connectivity index is 2.64. The Hall–Kier alpha value is -1.03. The van der Waals surface area contributed by atoms with E-state index in [1.54, 1.807) is 0 Å². The molecule has 0 aromatic heterocycles. The topological polar surface area (TPSA) is 46.2 Å².